The van der Waals surface area contributed by atoms with Gasteiger partial charge in [-0.2, -0.15) is 0 Å². The molecule has 1 aromatic rings. The maximum atomic E-state index is 12.9. The van der Waals surface area contributed by atoms with Gasteiger partial charge < -0.3 is 26.4 Å². The molecule has 9 nitrogen and oxygen atoms in total. The zero-order chi connectivity index (χ0) is 21.6. The lowest BCUT2D eigenvalue weighted by molar-refractivity contribution is -0.141. The fourth-order valence-corrected chi connectivity index (χ4v) is 3.33. The van der Waals surface area contributed by atoms with Gasteiger partial charge in [-0.05, 0) is 24.1 Å². The minimum absolute atomic E-state index is 0.0133. The summed E-state index contributed by atoms with van der Waals surface area (Å²) in [5.41, 5.74) is 5.97. The highest BCUT2D eigenvalue weighted by Crippen LogP contribution is 2.20. The monoisotopic (exact) mass is 424 g/mol. The Morgan fingerprint density at radius 3 is 2.52 bits per heavy atom. The summed E-state index contributed by atoms with van der Waals surface area (Å²) in [5, 5.41) is 15.8. The lowest BCUT2D eigenvalue weighted by Crippen LogP contribution is -2.53. The number of β-amino-alcohol motifs (C(OH)–C–C–N with tert-alkyl or cyclic N) is 1. The molecule has 5 N–H and O–H groups in total. The van der Waals surface area contributed by atoms with Gasteiger partial charge in [0.25, 0.3) is 0 Å². The van der Waals surface area contributed by atoms with Gasteiger partial charge in [-0.3, -0.25) is 19.2 Å². The Bertz CT molecular complexity index is 770. The normalized spacial score (nSPS) is 19.5. The van der Waals surface area contributed by atoms with E-state index < -0.39 is 41.8 Å². The summed E-state index contributed by atoms with van der Waals surface area (Å²) in [4.78, 5) is 49.3. The molecule has 0 aliphatic carbocycles. The number of nitrogens with two attached hydrogens (primary N) is 1. The Morgan fingerprint density at radius 2 is 1.93 bits per heavy atom. The second-order valence-electron chi connectivity index (χ2n) is 7.00. The molecule has 1 heterocycles. The van der Waals surface area contributed by atoms with Crippen LogP contribution in [0.15, 0.2) is 24.3 Å². The summed E-state index contributed by atoms with van der Waals surface area (Å²) in [6.07, 6.45) is -0.861. The maximum Gasteiger partial charge on any atom is 0.245 e. The van der Waals surface area contributed by atoms with Crippen LogP contribution in [-0.4, -0.2) is 58.4 Å². The Hall–Kier alpha value is -2.65. The third-order valence-electron chi connectivity index (χ3n) is 4.60. The van der Waals surface area contributed by atoms with Gasteiger partial charge in [0.05, 0.1) is 6.10 Å². The summed E-state index contributed by atoms with van der Waals surface area (Å²) in [6, 6.07) is 5.06. The van der Waals surface area contributed by atoms with Crippen LogP contribution in [0, 0.1) is 0 Å². The largest absolute Gasteiger partial charge is 0.391 e. The number of aliphatic hydroxyl groups excluding tert-OH is 1. The van der Waals surface area contributed by atoms with Crippen LogP contribution >= 0.6 is 11.6 Å². The number of carbonyl (C=O) groups is 4. The molecule has 29 heavy (non-hydrogen) atoms. The van der Waals surface area contributed by atoms with Gasteiger partial charge in [-0.1, -0.05) is 23.7 Å². The second kappa shape index (κ2) is 10.2. The number of hydrogen-bond acceptors (Lipinski definition) is 5. The molecule has 2 rings (SSSR count). The molecule has 0 radical (unpaired) electrons. The Kier molecular flexibility index (Phi) is 7.98. The molecule has 0 saturated carbocycles. The number of halogens is 1. The molecular weight excluding hydrogens is 400 g/mol. The van der Waals surface area contributed by atoms with Crippen LogP contribution in [0.25, 0.3) is 0 Å². The van der Waals surface area contributed by atoms with Crippen molar-refractivity contribution >= 4 is 35.2 Å². The number of nitrogens with one attached hydrogen (secondary N) is 2. The third kappa shape index (κ3) is 6.72. The zero-order valence-corrected chi connectivity index (χ0v) is 16.8. The lowest BCUT2D eigenvalue weighted by atomic mass is 10.1. The number of carbonyl (C=O) groups excluding carboxylic acids is 4. The smallest absolute Gasteiger partial charge is 0.245 e. The average Bonchev–Trinajstić information content (AvgIpc) is 3.05. The molecule has 0 spiro atoms. The molecule has 1 aliphatic heterocycles. The van der Waals surface area contributed by atoms with Gasteiger partial charge in [0.15, 0.2) is 0 Å². The van der Waals surface area contributed by atoms with Crippen LogP contribution in [-0.2, 0) is 25.7 Å². The molecule has 10 heteroatoms. The second-order valence-corrected chi connectivity index (χ2v) is 7.43. The molecule has 0 bridgehead atoms. The van der Waals surface area contributed by atoms with Crippen molar-refractivity contribution in [1.29, 1.82) is 0 Å². The van der Waals surface area contributed by atoms with Crippen molar-refractivity contribution in [2.45, 2.75) is 50.9 Å². The van der Waals surface area contributed by atoms with E-state index in [2.05, 4.69) is 10.6 Å². The standard InChI is InChI=1S/C19H25ClN4O5/c1-11(25)23-15(6-7-17(21)27)19(29)24-10-14(26)8-16(24)18(28)22-9-12-2-4-13(20)5-3-12/h2-5,14-16,26H,6-10H2,1H3,(H2,21,27)(H,22,28)(H,23,25)/t14-,15+,16+/m1/s1. The molecule has 1 fully saturated rings. The van der Waals surface area contributed by atoms with E-state index in [9.17, 15) is 24.3 Å². The minimum atomic E-state index is -1.00. The van der Waals surface area contributed by atoms with Crippen molar-refractivity contribution in [2.75, 3.05) is 6.54 Å². The highest BCUT2D eigenvalue weighted by Gasteiger charge is 2.41. The summed E-state index contributed by atoms with van der Waals surface area (Å²) >= 11 is 5.84. The molecule has 1 aromatic carbocycles. The number of rotatable bonds is 8. The number of nitrogens with zero attached hydrogens (tertiary/aromatic N) is 1. The topological polar surface area (TPSA) is 142 Å². The lowest BCUT2D eigenvalue weighted by Gasteiger charge is -2.28. The van der Waals surface area contributed by atoms with E-state index in [1.54, 1.807) is 24.3 Å². The van der Waals surface area contributed by atoms with Crippen molar-refractivity contribution < 1.29 is 24.3 Å². The van der Waals surface area contributed by atoms with Gasteiger partial charge >= 0.3 is 0 Å². The van der Waals surface area contributed by atoms with Crippen molar-refractivity contribution in [2.24, 2.45) is 5.73 Å². The first-order valence-corrected chi connectivity index (χ1v) is 9.61. The first-order valence-electron chi connectivity index (χ1n) is 9.23. The Balaban J connectivity index is 2.06. The highest BCUT2D eigenvalue weighted by molar-refractivity contribution is 6.30. The summed E-state index contributed by atoms with van der Waals surface area (Å²) in [6.45, 7) is 1.45. The SMILES string of the molecule is CC(=O)N[C@@H](CCC(N)=O)C(=O)N1C[C@H](O)C[C@H]1C(=O)NCc1ccc(Cl)cc1. The van der Waals surface area contributed by atoms with E-state index in [1.807, 2.05) is 0 Å². The fourth-order valence-electron chi connectivity index (χ4n) is 3.20. The quantitative estimate of drug-likeness (QED) is 0.452. The van der Waals surface area contributed by atoms with Crippen molar-refractivity contribution in [3.63, 3.8) is 0 Å². The molecule has 0 unspecified atom stereocenters. The van der Waals surface area contributed by atoms with Gasteiger partial charge in [0, 0.05) is 37.9 Å². The van der Waals surface area contributed by atoms with E-state index in [4.69, 9.17) is 17.3 Å². The summed E-state index contributed by atoms with van der Waals surface area (Å²) in [5.74, 6) is -2.01. The van der Waals surface area contributed by atoms with Crippen LogP contribution in [0.1, 0.15) is 31.7 Å². The average molecular weight is 425 g/mol. The zero-order valence-electron chi connectivity index (χ0n) is 16.1. The minimum Gasteiger partial charge on any atom is -0.391 e. The Labute approximate surface area is 173 Å². The number of likely N-dealkylation sites (tertiary alicyclic amines) is 1. The van der Waals surface area contributed by atoms with Crippen LogP contribution in [0.5, 0.6) is 0 Å². The van der Waals surface area contributed by atoms with Crippen molar-refractivity contribution in [3.05, 3.63) is 34.9 Å². The van der Waals surface area contributed by atoms with E-state index in [0.717, 1.165) is 5.56 Å². The van der Waals surface area contributed by atoms with Crippen molar-refractivity contribution in [3.8, 4) is 0 Å². The van der Waals surface area contributed by atoms with Crippen LogP contribution in [0.3, 0.4) is 0 Å². The van der Waals surface area contributed by atoms with Gasteiger partial charge in [-0.25, -0.2) is 0 Å². The molecule has 1 aliphatic rings. The van der Waals surface area contributed by atoms with Crippen LogP contribution < -0.4 is 16.4 Å². The summed E-state index contributed by atoms with van der Waals surface area (Å²) < 4.78 is 0. The van der Waals surface area contributed by atoms with Crippen molar-refractivity contribution in [1.82, 2.24) is 15.5 Å². The number of primary amides is 1. The van der Waals surface area contributed by atoms with E-state index in [-0.39, 0.29) is 32.4 Å². The predicted molar refractivity (Wildman–Crippen MR) is 105 cm³/mol. The fraction of sp³-hybridized carbons (Fsp3) is 0.474. The van der Waals surface area contributed by atoms with E-state index in [0.29, 0.717) is 5.02 Å². The first kappa shape index (κ1) is 22.6. The van der Waals surface area contributed by atoms with Gasteiger partial charge in [0.2, 0.25) is 23.6 Å². The number of amides is 4. The van der Waals surface area contributed by atoms with Crippen LogP contribution in [0.4, 0.5) is 0 Å². The van der Waals surface area contributed by atoms with Gasteiger partial charge in [0.1, 0.15) is 12.1 Å². The molecule has 4 amide bonds. The highest BCUT2D eigenvalue weighted by atomic mass is 35.5. The molecule has 0 aromatic heterocycles. The van der Waals surface area contributed by atoms with E-state index in [1.165, 1.54) is 11.8 Å². The molecular formula is C19H25ClN4O5. The van der Waals surface area contributed by atoms with Crippen LogP contribution in [0.2, 0.25) is 5.02 Å². The van der Waals surface area contributed by atoms with E-state index >= 15 is 0 Å². The molecule has 1 saturated heterocycles. The number of hydrogen-bond donors (Lipinski definition) is 4. The number of aliphatic hydroxyl groups is 1. The predicted octanol–water partition coefficient (Wildman–Crippen LogP) is -0.312. The summed E-state index contributed by atoms with van der Waals surface area (Å²) in [7, 11) is 0. The third-order valence-corrected chi connectivity index (χ3v) is 4.85. The number of benzene rings is 1. The van der Waals surface area contributed by atoms with Gasteiger partial charge in [-0.15, -0.1) is 0 Å². The molecule has 158 valence electrons. The Morgan fingerprint density at radius 1 is 1.28 bits per heavy atom. The first-order chi connectivity index (χ1) is 13.7. The maximum absolute atomic E-state index is 12.9. The molecule has 3 atom stereocenters.